The number of halogens is 3. The molecule has 0 atom stereocenters. The molecule has 63 heavy (non-hydrogen) atoms. The van der Waals surface area contributed by atoms with Gasteiger partial charge in [-0.3, -0.25) is 34.3 Å². The summed E-state index contributed by atoms with van der Waals surface area (Å²) in [6.45, 7) is 5.86. The van der Waals surface area contributed by atoms with E-state index in [1.165, 1.54) is 12.1 Å². The normalized spacial score (nSPS) is 17.8. The van der Waals surface area contributed by atoms with Crippen molar-refractivity contribution < 1.29 is 37.1 Å². The van der Waals surface area contributed by atoms with Gasteiger partial charge in [-0.05, 0) is 104 Å². The number of aryl methyl sites for hydroxylation is 1. The van der Waals surface area contributed by atoms with Crippen molar-refractivity contribution >= 4 is 46.7 Å². The molecule has 0 radical (unpaired) electrons. The van der Waals surface area contributed by atoms with Gasteiger partial charge in [-0.15, -0.1) is 0 Å². The van der Waals surface area contributed by atoms with Gasteiger partial charge in [0, 0.05) is 73.9 Å². The number of nitrogens with one attached hydrogen (secondary N) is 2. The minimum atomic E-state index is -4.66. The van der Waals surface area contributed by atoms with Crippen molar-refractivity contribution in [2.75, 3.05) is 56.0 Å². The number of piperidine rings is 1. The maximum absolute atomic E-state index is 14.6. The molecule has 0 aliphatic carbocycles. The minimum absolute atomic E-state index is 0.0216. The van der Waals surface area contributed by atoms with E-state index >= 15 is 0 Å². The molecule has 4 aliphatic rings. The Hall–Kier alpha value is -7.10. The lowest BCUT2D eigenvalue weighted by atomic mass is 10.00. The van der Waals surface area contributed by atoms with Gasteiger partial charge in [0.15, 0.2) is 5.65 Å². The minimum Gasteiger partial charge on any atom is -0.368 e. The molecule has 3 saturated heterocycles. The number of benzene rings is 3. The number of imide groups is 2. The highest BCUT2D eigenvalue weighted by molar-refractivity contribution is 6.22. The van der Waals surface area contributed by atoms with E-state index in [0.717, 1.165) is 53.1 Å². The first-order chi connectivity index (χ1) is 30.3. The van der Waals surface area contributed by atoms with Gasteiger partial charge in [0.25, 0.3) is 17.7 Å². The van der Waals surface area contributed by atoms with Crippen LogP contribution in [0.1, 0.15) is 78.3 Å². The lowest BCUT2D eigenvalue weighted by molar-refractivity contribution is -0.137. The highest BCUT2D eigenvalue weighted by atomic mass is 19.4. The number of urea groups is 1. The maximum atomic E-state index is 14.6. The summed E-state index contributed by atoms with van der Waals surface area (Å²) in [7, 11) is 0. The van der Waals surface area contributed by atoms with Crippen LogP contribution in [-0.2, 0) is 17.5 Å². The third-order valence-electron chi connectivity index (χ3n) is 12.0. The van der Waals surface area contributed by atoms with Crippen molar-refractivity contribution in [2.24, 2.45) is 0 Å². The van der Waals surface area contributed by atoms with Crippen LogP contribution in [-0.4, -0.2) is 116 Å². The van der Waals surface area contributed by atoms with E-state index in [2.05, 4.69) is 42.4 Å². The molecule has 9 rings (SSSR count). The number of alkyl halides is 3. The fourth-order valence-electron chi connectivity index (χ4n) is 8.63. The standard InChI is InChI=1S/C45H41F3N10O5/c1-28-4-6-31(24-30(28)7-9-34-26-49-39-3-2-15-50-57(34)39)41(60)51-32-8-11-38(37(25-32)45(46,47)48)55-21-19-54(20-22-55)33-12-16-53(17-13-33)27-29-5-10-35-36(23-29)43(62)58(42(35)61)56-18-14-40(59)52-44(56)63/h2-6,8,10-11,15,23-26,33H,12-14,16-22,27H2,1H3,(H,51,60)(H,52,59,63). The molecule has 0 saturated carbocycles. The van der Waals surface area contributed by atoms with E-state index in [1.54, 1.807) is 70.3 Å². The van der Waals surface area contributed by atoms with Gasteiger partial charge in [0.1, 0.15) is 5.69 Å². The van der Waals surface area contributed by atoms with Crippen molar-refractivity contribution in [3.63, 3.8) is 0 Å². The van der Waals surface area contributed by atoms with E-state index in [1.807, 2.05) is 6.92 Å². The van der Waals surface area contributed by atoms with E-state index < -0.39 is 41.4 Å². The average molecular weight is 859 g/mol. The lowest BCUT2D eigenvalue weighted by Crippen LogP contribution is -2.58. The Balaban J connectivity index is 0.791. The molecular weight excluding hydrogens is 818 g/mol. The number of likely N-dealkylation sites (tertiary alicyclic amines) is 1. The number of anilines is 2. The number of hydrogen-bond acceptors (Lipinski definition) is 10. The molecule has 3 aromatic carbocycles. The Bertz CT molecular complexity index is 2740. The number of amides is 6. The fourth-order valence-corrected chi connectivity index (χ4v) is 8.63. The van der Waals surface area contributed by atoms with Crippen molar-refractivity contribution in [1.82, 2.24) is 39.7 Å². The number of carbonyl (C=O) groups excluding carboxylic acids is 5. The summed E-state index contributed by atoms with van der Waals surface area (Å²) >= 11 is 0. The van der Waals surface area contributed by atoms with Crippen molar-refractivity contribution in [1.29, 1.82) is 0 Å². The third kappa shape index (κ3) is 8.32. The second kappa shape index (κ2) is 16.6. The number of hydrazine groups is 1. The molecule has 6 heterocycles. The third-order valence-corrected chi connectivity index (χ3v) is 12.0. The number of piperazine rings is 1. The quantitative estimate of drug-likeness (QED) is 0.170. The van der Waals surface area contributed by atoms with Gasteiger partial charge < -0.3 is 10.2 Å². The molecule has 6 amide bonds. The molecule has 4 aliphatic heterocycles. The van der Waals surface area contributed by atoms with Crippen molar-refractivity contribution in [3.8, 4) is 11.8 Å². The maximum Gasteiger partial charge on any atom is 0.418 e. The molecular formula is C45H41F3N10O5. The number of carbonyl (C=O) groups is 5. The van der Waals surface area contributed by atoms with Crippen LogP contribution in [0.5, 0.6) is 0 Å². The summed E-state index contributed by atoms with van der Waals surface area (Å²) in [5.41, 5.74) is 3.39. The zero-order valence-corrected chi connectivity index (χ0v) is 34.1. The summed E-state index contributed by atoms with van der Waals surface area (Å²) < 4.78 is 45.3. The Morgan fingerprint density at radius 2 is 1.65 bits per heavy atom. The van der Waals surface area contributed by atoms with Crippen LogP contribution in [0.2, 0.25) is 0 Å². The summed E-state index contributed by atoms with van der Waals surface area (Å²) in [4.78, 5) is 74.3. The zero-order chi connectivity index (χ0) is 44.0. The van der Waals surface area contributed by atoms with Gasteiger partial charge in [0.05, 0.1) is 29.4 Å². The van der Waals surface area contributed by atoms with E-state index in [9.17, 15) is 37.1 Å². The van der Waals surface area contributed by atoms with E-state index in [4.69, 9.17) is 0 Å². The Kier molecular flexibility index (Phi) is 10.9. The lowest BCUT2D eigenvalue weighted by Gasteiger charge is -2.43. The van der Waals surface area contributed by atoms with E-state index in [-0.39, 0.29) is 47.1 Å². The predicted octanol–water partition coefficient (Wildman–Crippen LogP) is 4.95. The Morgan fingerprint density at radius 1 is 0.873 bits per heavy atom. The molecule has 0 spiro atoms. The second-order valence-corrected chi connectivity index (χ2v) is 16.0. The largest absolute Gasteiger partial charge is 0.418 e. The highest BCUT2D eigenvalue weighted by Gasteiger charge is 2.43. The van der Waals surface area contributed by atoms with Gasteiger partial charge in [-0.25, -0.2) is 19.3 Å². The molecule has 3 fully saturated rings. The predicted molar refractivity (Wildman–Crippen MR) is 223 cm³/mol. The van der Waals surface area contributed by atoms with Crippen LogP contribution in [0, 0.1) is 18.8 Å². The molecule has 2 aromatic heterocycles. The average Bonchev–Trinajstić information content (AvgIpc) is 3.80. The van der Waals surface area contributed by atoms with Crippen molar-refractivity contribution in [2.45, 2.75) is 44.9 Å². The zero-order valence-electron chi connectivity index (χ0n) is 34.1. The van der Waals surface area contributed by atoms with Gasteiger partial charge in [0.2, 0.25) is 5.91 Å². The first-order valence-electron chi connectivity index (χ1n) is 20.6. The van der Waals surface area contributed by atoms with E-state index in [0.29, 0.717) is 49.6 Å². The number of nitrogens with zero attached hydrogens (tertiary/aromatic N) is 8. The molecule has 0 bridgehead atoms. The first kappa shape index (κ1) is 41.3. The summed E-state index contributed by atoms with van der Waals surface area (Å²) in [6, 6.07) is 17.0. The highest BCUT2D eigenvalue weighted by Crippen LogP contribution is 2.39. The van der Waals surface area contributed by atoms with Crippen LogP contribution >= 0.6 is 0 Å². The molecule has 18 heteroatoms. The number of imidazole rings is 1. The van der Waals surface area contributed by atoms with Crippen molar-refractivity contribution in [3.05, 3.63) is 124 Å². The number of fused-ring (bicyclic) bond motifs is 2. The fraction of sp³-hybridized carbons (Fsp3) is 0.311. The summed E-state index contributed by atoms with van der Waals surface area (Å²) in [6.07, 6.45) is 0.262. The number of hydrogen-bond donors (Lipinski definition) is 2. The second-order valence-electron chi connectivity index (χ2n) is 16.0. The van der Waals surface area contributed by atoms with Crippen LogP contribution in [0.3, 0.4) is 0 Å². The van der Waals surface area contributed by atoms with Gasteiger partial charge in [-0.1, -0.05) is 18.1 Å². The summed E-state index contributed by atoms with van der Waals surface area (Å²) in [5.74, 6) is 3.85. The molecule has 15 nitrogen and oxygen atoms in total. The SMILES string of the molecule is Cc1ccc(C(=O)Nc2ccc(N3CCN(C4CCN(Cc5ccc6c(c5)C(=O)N(N5CCC(=O)NC5=O)C6=O)CC4)CC3)c(C(F)(F)F)c2)cc1C#Cc1cnc2cccnn12. The molecule has 322 valence electrons. The Morgan fingerprint density at radius 3 is 2.41 bits per heavy atom. The van der Waals surface area contributed by atoms with Crippen LogP contribution < -0.4 is 15.5 Å². The van der Waals surface area contributed by atoms with Gasteiger partial charge >= 0.3 is 12.2 Å². The smallest absolute Gasteiger partial charge is 0.368 e. The first-order valence-corrected chi connectivity index (χ1v) is 20.6. The molecule has 5 aromatic rings. The molecule has 0 unspecified atom stereocenters. The van der Waals surface area contributed by atoms with Crippen LogP contribution in [0.25, 0.3) is 5.65 Å². The Labute approximate surface area is 359 Å². The van der Waals surface area contributed by atoms with Crippen LogP contribution in [0.4, 0.5) is 29.3 Å². The monoisotopic (exact) mass is 858 g/mol. The van der Waals surface area contributed by atoms with Gasteiger partial charge in [-0.2, -0.15) is 23.3 Å². The summed E-state index contributed by atoms with van der Waals surface area (Å²) in [5, 5.41) is 10.8. The topological polar surface area (TPSA) is 156 Å². The number of aromatic nitrogens is 3. The molecule has 2 N–H and O–H groups in total. The van der Waals surface area contributed by atoms with Crippen LogP contribution in [0.15, 0.2) is 79.1 Å². The number of rotatable bonds is 7.